The van der Waals surface area contributed by atoms with Gasteiger partial charge in [-0.1, -0.05) is 51.9 Å². The second kappa shape index (κ2) is 9.98. The van der Waals surface area contributed by atoms with Gasteiger partial charge in [-0.15, -0.1) is 0 Å². The van der Waals surface area contributed by atoms with Crippen molar-refractivity contribution in [3.63, 3.8) is 0 Å². The van der Waals surface area contributed by atoms with Crippen molar-refractivity contribution in [2.45, 2.75) is 78.7 Å². The van der Waals surface area contributed by atoms with E-state index in [4.69, 9.17) is 0 Å². The van der Waals surface area contributed by atoms with Crippen molar-refractivity contribution in [3.8, 4) is 0 Å². The first kappa shape index (κ1) is 17.2. The first-order valence-electron chi connectivity index (χ1n) is 8.36. The van der Waals surface area contributed by atoms with Crippen molar-refractivity contribution in [2.24, 2.45) is 7.05 Å². The molecule has 1 aromatic rings. The summed E-state index contributed by atoms with van der Waals surface area (Å²) in [5, 5.41) is 8.01. The molecule has 0 fully saturated rings. The molecule has 0 atom stereocenters. The van der Waals surface area contributed by atoms with Gasteiger partial charge >= 0.3 is 0 Å². The van der Waals surface area contributed by atoms with Crippen molar-refractivity contribution in [1.29, 1.82) is 0 Å². The molecule has 0 aliphatic carbocycles. The topological polar surface area (TPSA) is 29.9 Å². The molecule has 0 spiro atoms. The van der Waals surface area contributed by atoms with Gasteiger partial charge in [-0.2, -0.15) is 5.10 Å². The second-order valence-corrected chi connectivity index (χ2v) is 5.92. The van der Waals surface area contributed by atoms with Gasteiger partial charge in [-0.25, -0.2) is 0 Å². The molecule has 0 bridgehead atoms. The van der Waals surface area contributed by atoms with Gasteiger partial charge < -0.3 is 5.32 Å². The van der Waals surface area contributed by atoms with E-state index in [1.807, 2.05) is 11.7 Å². The average Bonchev–Trinajstić information content (AvgIpc) is 2.67. The number of hydrogen-bond donors (Lipinski definition) is 1. The minimum atomic E-state index is 0.960. The van der Waals surface area contributed by atoms with Crippen LogP contribution in [-0.4, -0.2) is 16.3 Å². The van der Waals surface area contributed by atoms with Crippen molar-refractivity contribution < 1.29 is 0 Å². The van der Waals surface area contributed by atoms with Crippen molar-refractivity contribution >= 4 is 0 Å². The monoisotopic (exact) mass is 279 g/mol. The highest BCUT2D eigenvalue weighted by Crippen LogP contribution is 2.11. The van der Waals surface area contributed by atoms with Crippen LogP contribution in [0.2, 0.25) is 0 Å². The molecule has 0 radical (unpaired) electrons. The molecule has 3 nitrogen and oxygen atoms in total. The lowest BCUT2D eigenvalue weighted by Crippen LogP contribution is -2.15. The van der Waals surface area contributed by atoms with Crippen LogP contribution in [0.1, 0.15) is 75.2 Å². The molecule has 1 rings (SSSR count). The summed E-state index contributed by atoms with van der Waals surface area (Å²) in [6, 6.07) is 0. The molecule has 0 aromatic carbocycles. The zero-order valence-electron chi connectivity index (χ0n) is 14.0. The molecule has 20 heavy (non-hydrogen) atoms. The first-order valence-corrected chi connectivity index (χ1v) is 8.36. The maximum atomic E-state index is 4.45. The van der Waals surface area contributed by atoms with E-state index in [1.165, 1.54) is 62.6 Å². The third-order valence-corrected chi connectivity index (χ3v) is 4.17. The highest BCUT2D eigenvalue weighted by atomic mass is 15.3. The van der Waals surface area contributed by atoms with Crippen LogP contribution in [0.4, 0.5) is 0 Å². The smallest absolute Gasteiger partial charge is 0.0641 e. The van der Waals surface area contributed by atoms with Gasteiger partial charge in [-0.05, 0) is 26.8 Å². The molecule has 1 aromatic heterocycles. The van der Waals surface area contributed by atoms with Gasteiger partial charge in [0.15, 0.2) is 0 Å². The van der Waals surface area contributed by atoms with Crippen LogP contribution >= 0.6 is 0 Å². The van der Waals surface area contributed by atoms with Crippen molar-refractivity contribution in [2.75, 3.05) is 6.54 Å². The van der Waals surface area contributed by atoms with E-state index in [2.05, 4.69) is 31.2 Å². The molecule has 116 valence electrons. The van der Waals surface area contributed by atoms with Crippen LogP contribution in [0, 0.1) is 13.8 Å². The molecule has 3 heteroatoms. The molecule has 0 aliphatic rings. The number of aryl methyl sites for hydroxylation is 2. The average molecular weight is 279 g/mol. The SMILES string of the molecule is CCCCCCCCCCNCc1c(C)nn(C)c1C. The number of nitrogens with one attached hydrogen (secondary N) is 1. The Labute approximate surface area is 125 Å². The molecule has 1 N–H and O–H groups in total. The fourth-order valence-corrected chi connectivity index (χ4v) is 2.67. The number of unbranched alkanes of at least 4 members (excludes halogenated alkanes) is 7. The summed E-state index contributed by atoms with van der Waals surface area (Å²) in [7, 11) is 2.02. The van der Waals surface area contributed by atoms with Gasteiger partial charge in [0.1, 0.15) is 0 Å². The zero-order chi connectivity index (χ0) is 14.8. The normalized spacial score (nSPS) is 11.2. The second-order valence-electron chi connectivity index (χ2n) is 5.92. The standard InChI is InChI=1S/C17H33N3/c1-5-6-7-8-9-10-11-12-13-18-14-17-15(2)19-20(4)16(17)3/h18H,5-14H2,1-4H3. The zero-order valence-corrected chi connectivity index (χ0v) is 14.0. The first-order chi connectivity index (χ1) is 9.66. The third kappa shape index (κ3) is 6.08. The molecule has 0 aliphatic heterocycles. The number of nitrogens with zero attached hydrogens (tertiary/aromatic N) is 2. The van der Waals surface area contributed by atoms with E-state index < -0.39 is 0 Å². The number of hydrogen-bond acceptors (Lipinski definition) is 2. The fourth-order valence-electron chi connectivity index (χ4n) is 2.67. The summed E-state index contributed by atoms with van der Waals surface area (Å²) in [5.74, 6) is 0. The van der Waals surface area contributed by atoms with Crippen LogP contribution in [-0.2, 0) is 13.6 Å². The maximum Gasteiger partial charge on any atom is 0.0641 e. The summed E-state index contributed by atoms with van der Waals surface area (Å²) >= 11 is 0. The Morgan fingerprint density at radius 1 is 0.950 bits per heavy atom. The fraction of sp³-hybridized carbons (Fsp3) is 0.824. The van der Waals surface area contributed by atoms with Crippen LogP contribution in [0.15, 0.2) is 0 Å². The lowest BCUT2D eigenvalue weighted by atomic mass is 10.1. The van der Waals surface area contributed by atoms with Gasteiger partial charge in [0, 0.05) is 24.8 Å². The lowest BCUT2D eigenvalue weighted by Gasteiger charge is -2.06. The van der Waals surface area contributed by atoms with Gasteiger partial charge in [-0.3, -0.25) is 4.68 Å². The Balaban J connectivity index is 2.00. The van der Waals surface area contributed by atoms with E-state index in [0.29, 0.717) is 0 Å². The number of rotatable bonds is 11. The molecule has 0 amide bonds. The van der Waals surface area contributed by atoms with Gasteiger partial charge in [0.2, 0.25) is 0 Å². The lowest BCUT2D eigenvalue weighted by molar-refractivity contribution is 0.554. The summed E-state index contributed by atoms with van der Waals surface area (Å²) in [4.78, 5) is 0. The molecule has 0 saturated heterocycles. The highest BCUT2D eigenvalue weighted by Gasteiger charge is 2.07. The summed E-state index contributed by atoms with van der Waals surface area (Å²) in [5.41, 5.74) is 3.81. The Kier molecular flexibility index (Phi) is 8.59. The van der Waals surface area contributed by atoms with Crippen LogP contribution in [0.25, 0.3) is 0 Å². The Morgan fingerprint density at radius 2 is 1.55 bits per heavy atom. The Morgan fingerprint density at radius 3 is 2.10 bits per heavy atom. The van der Waals surface area contributed by atoms with Crippen LogP contribution < -0.4 is 5.32 Å². The minimum Gasteiger partial charge on any atom is -0.313 e. The van der Waals surface area contributed by atoms with Gasteiger partial charge in [0.25, 0.3) is 0 Å². The summed E-state index contributed by atoms with van der Waals surface area (Å²) in [6.45, 7) is 8.61. The molecular weight excluding hydrogens is 246 g/mol. The quantitative estimate of drug-likeness (QED) is 0.613. The Hall–Kier alpha value is -0.830. The van der Waals surface area contributed by atoms with E-state index >= 15 is 0 Å². The highest BCUT2D eigenvalue weighted by molar-refractivity contribution is 5.23. The van der Waals surface area contributed by atoms with Gasteiger partial charge in [0.05, 0.1) is 5.69 Å². The maximum absolute atomic E-state index is 4.45. The molecule has 1 heterocycles. The van der Waals surface area contributed by atoms with Crippen LogP contribution in [0.5, 0.6) is 0 Å². The molecule has 0 saturated carbocycles. The number of aromatic nitrogens is 2. The predicted molar refractivity (Wildman–Crippen MR) is 87.0 cm³/mol. The van der Waals surface area contributed by atoms with Crippen LogP contribution in [0.3, 0.4) is 0 Å². The predicted octanol–water partition coefficient (Wildman–Crippen LogP) is 4.27. The largest absolute Gasteiger partial charge is 0.313 e. The van der Waals surface area contributed by atoms with E-state index in [1.54, 1.807) is 0 Å². The molecular formula is C17H33N3. The van der Waals surface area contributed by atoms with Crippen molar-refractivity contribution in [3.05, 3.63) is 17.0 Å². The summed E-state index contributed by atoms with van der Waals surface area (Å²) < 4.78 is 1.97. The van der Waals surface area contributed by atoms with E-state index in [0.717, 1.165) is 18.8 Å². The Bertz CT molecular complexity index is 369. The molecule has 0 unspecified atom stereocenters. The van der Waals surface area contributed by atoms with E-state index in [-0.39, 0.29) is 0 Å². The van der Waals surface area contributed by atoms with E-state index in [9.17, 15) is 0 Å². The third-order valence-electron chi connectivity index (χ3n) is 4.17. The minimum absolute atomic E-state index is 0.960. The summed E-state index contributed by atoms with van der Waals surface area (Å²) in [6.07, 6.45) is 11.1. The van der Waals surface area contributed by atoms with Crippen molar-refractivity contribution in [1.82, 2.24) is 15.1 Å².